The number of hydrogen-bond acceptors (Lipinski definition) is 5. The van der Waals surface area contributed by atoms with Crippen LogP contribution in [0.15, 0.2) is 95.9 Å². The Morgan fingerprint density at radius 1 is 0.973 bits per heavy atom. The third-order valence-electron chi connectivity index (χ3n) is 6.14. The second kappa shape index (κ2) is 11.1. The fourth-order valence-corrected chi connectivity index (χ4v) is 5.72. The van der Waals surface area contributed by atoms with Gasteiger partial charge in [0.05, 0.1) is 17.7 Å². The van der Waals surface area contributed by atoms with Crippen molar-refractivity contribution in [1.82, 2.24) is 9.55 Å². The second-order valence-electron chi connectivity index (χ2n) is 8.61. The van der Waals surface area contributed by atoms with Crippen LogP contribution in [0, 0.1) is 0 Å². The molecule has 0 radical (unpaired) electrons. The normalized spacial score (nSPS) is 11.2. The molecule has 2 aromatic heterocycles. The summed E-state index contributed by atoms with van der Waals surface area (Å²) < 4.78 is 7.23. The zero-order valence-electron chi connectivity index (χ0n) is 20.3. The molecule has 0 bridgehead atoms. The molecule has 0 amide bonds. The van der Waals surface area contributed by atoms with Gasteiger partial charge in [0.2, 0.25) is 5.43 Å². The van der Waals surface area contributed by atoms with Crippen LogP contribution in [0.5, 0.6) is 0 Å². The van der Waals surface area contributed by atoms with Gasteiger partial charge < -0.3 is 9.30 Å². The molecule has 0 spiro atoms. The van der Waals surface area contributed by atoms with E-state index in [1.54, 1.807) is 13.1 Å². The molecule has 2 heterocycles. The van der Waals surface area contributed by atoms with Crippen LogP contribution in [0.25, 0.3) is 10.3 Å². The number of halogens is 1. The van der Waals surface area contributed by atoms with Crippen LogP contribution in [0.2, 0.25) is 5.02 Å². The molecule has 0 aliphatic carbocycles. The largest absolute Gasteiger partial charge is 0.462 e. The number of carbonyl (C=O) groups excluding carboxylic acids is 1. The maximum Gasteiger partial charge on any atom is 0.343 e. The van der Waals surface area contributed by atoms with Crippen molar-refractivity contribution < 1.29 is 9.53 Å². The van der Waals surface area contributed by atoms with Gasteiger partial charge in [-0.15, -0.1) is 11.3 Å². The lowest BCUT2D eigenvalue weighted by molar-refractivity contribution is 0.0524. The molecule has 5 rings (SSSR count). The van der Waals surface area contributed by atoms with Gasteiger partial charge >= 0.3 is 5.97 Å². The lowest BCUT2D eigenvalue weighted by atomic mass is 9.98. The molecule has 37 heavy (non-hydrogen) atoms. The van der Waals surface area contributed by atoms with E-state index in [1.807, 2.05) is 89.5 Å². The third-order valence-corrected chi connectivity index (χ3v) is 7.50. The number of benzene rings is 3. The van der Waals surface area contributed by atoms with Crippen molar-refractivity contribution in [2.45, 2.75) is 25.8 Å². The Kier molecular flexibility index (Phi) is 7.49. The highest BCUT2D eigenvalue weighted by atomic mass is 35.5. The molecule has 3 aromatic carbocycles. The summed E-state index contributed by atoms with van der Waals surface area (Å²) in [6.07, 6.45) is 3.02. The minimum absolute atomic E-state index is 0.0158. The Labute approximate surface area is 224 Å². The maximum atomic E-state index is 13.4. The lowest BCUT2D eigenvalue weighted by Gasteiger charge is -2.23. The van der Waals surface area contributed by atoms with Crippen molar-refractivity contribution in [3.8, 4) is 0 Å². The molecule has 0 saturated heterocycles. The van der Waals surface area contributed by atoms with Gasteiger partial charge in [-0.3, -0.25) is 4.79 Å². The highest BCUT2D eigenvalue weighted by Gasteiger charge is 2.25. The fourth-order valence-electron chi connectivity index (χ4n) is 4.44. The molecule has 5 aromatic rings. The molecular formula is C30H25ClN2O3S. The Hall–Kier alpha value is -3.74. The number of thiazole rings is 1. The quantitative estimate of drug-likeness (QED) is 0.210. The smallest absolute Gasteiger partial charge is 0.343 e. The first-order valence-corrected chi connectivity index (χ1v) is 13.3. The molecule has 0 saturated carbocycles. The Morgan fingerprint density at radius 2 is 1.65 bits per heavy atom. The zero-order chi connectivity index (χ0) is 25.8. The van der Waals surface area contributed by atoms with Crippen LogP contribution in [0.4, 0.5) is 0 Å². The molecule has 0 N–H and O–H groups in total. The number of carbonyl (C=O) groups is 1. The molecule has 5 nitrogen and oxygen atoms in total. The van der Waals surface area contributed by atoms with Gasteiger partial charge in [0, 0.05) is 17.6 Å². The number of pyridine rings is 1. The molecule has 186 valence electrons. The number of nitrogens with zero attached hydrogens (tertiary/aromatic N) is 2. The average molecular weight is 529 g/mol. The van der Waals surface area contributed by atoms with Crippen LogP contribution in [-0.4, -0.2) is 22.1 Å². The highest BCUT2D eigenvalue weighted by Crippen LogP contribution is 2.32. The number of esters is 1. The molecule has 0 unspecified atom stereocenters. The van der Waals surface area contributed by atoms with E-state index in [0.29, 0.717) is 11.4 Å². The summed E-state index contributed by atoms with van der Waals surface area (Å²) in [6, 6.07) is 27.6. The molecule has 0 aliphatic rings. The van der Waals surface area contributed by atoms with E-state index in [1.165, 1.54) is 11.3 Å². The van der Waals surface area contributed by atoms with Gasteiger partial charge in [0.1, 0.15) is 15.9 Å². The third kappa shape index (κ3) is 5.36. The summed E-state index contributed by atoms with van der Waals surface area (Å²) in [5, 5.41) is 1.51. The number of ether oxygens (including phenoxy) is 1. The average Bonchev–Trinajstić information content (AvgIpc) is 3.35. The minimum Gasteiger partial charge on any atom is -0.462 e. The van der Waals surface area contributed by atoms with Crippen molar-refractivity contribution in [2.75, 3.05) is 6.61 Å². The van der Waals surface area contributed by atoms with E-state index in [4.69, 9.17) is 21.3 Å². The van der Waals surface area contributed by atoms with E-state index in [-0.39, 0.29) is 23.7 Å². The van der Waals surface area contributed by atoms with Crippen molar-refractivity contribution in [3.05, 3.63) is 134 Å². The fraction of sp³-hybridized carbons (Fsp3) is 0.167. The summed E-state index contributed by atoms with van der Waals surface area (Å²) in [7, 11) is 0. The number of rotatable bonds is 8. The van der Waals surface area contributed by atoms with Gasteiger partial charge in [0.25, 0.3) is 0 Å². The predicted molar refractivity (Wildman–Crippen MR) is 149 cm³/mol. The van der Waals surface area contributed by atoms with E-state index in [0.717, 1.165) is 32.9 Å². The summed E-state index contributed by atoms with van der Waals surface area (Å²) in [5.41, 5.74) is 3.02. The van der Waals surface area contributed by atoms with Crippen LogP contribution in [0.1, 0.15) is 45.0 Å². The van der Waals surface area contributed by atoms with Crippen molar-refractivity contribution in [3.63, 3.8) is 0 Å². The van der Waals surface area contributed by atoms with Crippen LogP contribution >= 0.6 is 22.9 Å². The number of hydrogen-bond donors (Lipinski definition) is 0. The van der Waals surface area contributed by atoms with Gasteiger partial charge in [-0.1, -0.05) is 84.4 Å². The molecular weight excluding hydrogens is 504 g/mol. The molecule has 7 heteroatoms. The van der Waals surface area contributed by atoms with Crippen LogP contribution < -0.4 is 5.43 Å². The van der Waals surface area contributed by atoms with Crippen molar-refractivity contribution in [1.29, 1.82) is 0 Å². The summed E-state index contributed by atoms with van der Waals surface area (Å²) in [6.45, 7) is 1.90. The maximum absolute atomic E-state index is 13.4. The Balaban J connectivity index is 1.68. The summed E-state index contributed by atoms with van der Waals surface area (Å²) in [4.78, 5) is 31.7. The first-order valence-electron chi connectivity index (χ1n) is 12.1. The topological polar surface area (TPSA) is 61.2 Å². The minimum atomic E-state index is -0.642. The lowest BCUT2D eigenvalue weighted by Crippen LogP contribution is -2.23. The van der Waals surface area contributed by atoms with Gasteiger partial charge in [-0.05, 0) is 42.2 Å². The predicted octanol–water partition coefficient (Wildman–Crippen LogP) is 6.71. The Morgan fingerprint density at radius 3 is 2.27 bits per heavy atom. The number of aryl methyl sites for hydroxylation is 2. The summed E-state index contributed by atoms with van der Waals surface area (Å²) >= 11 is 7.63. The standard InChI is InChI=1S/C30H25ClN2O3S/c1-2-36-30(35)24-19-33(27(21-11-5-3-6-12-21)22-13-7-4-8-14-22)29-26(28(24)34)32-25(37-29)17-16-20-10-9-15-23(31)18-20/h3-15,18-19,27H,2,16-17H2,1H3. The summed E-state index contributed by atoms with van der Waals surface area (Å²) in [5.74, 6) is -0.642. The SMILES string of the molecule is CCOC(=O)c1cn(C(c2ccccc2)c2ccccc2)c2sc(CCc3cccc(Cl)c3)nc2c1=O. The van der Waals surface area contributed by atoms with E-state index in [9.17, 15) is 9.59 Å². The Bertz CT molecular complexity index is 1560. The van der Waals surface area contributed by atoms with Crippen LogP contribution in [0.3, 0.4) is 0 Å². The number of fused-ring (bicyclic) bond motifs is 1. The van der Waals surface area contributed by atoms with Gasteiger partial charge in [0.15, 0.2) is 0 Å². The molecule has 0 atom stereocenters. The highest BCUT2D eigenvalue weighted by molar-refractivity contribution is 7.18. The monoisotopic (exact) mass is 528 g/mol. The molecule has 0 fully saturated rings. The van der Waals surface area contributed by atoms with E-state index in [2.05, 4.69) is 0 Å². The van der Waals surface area contributed by atoms with Gasteiger partial charge in [-0.2, -0.15) is 0 Å². The van der Waals surface area contributed by atoms with E-state index < -0.39 is 11.4 Å². The molecule has 0 aliphatic heterocycles. The van der Waals surface area contributed by atoms with Crippen molar-refractivity contribution in [2.24, 2.45) is 0 Å². The van der Waals surface area contributed by atoms with E-state index >= 15 is 0 Å². The van der Waals surface area contributed by atoms with Gasteiger partial charge in [-0.25, -0.2) is 9.78 Å². The first-order chi connectivity index (χ1) is 18.0. The zero-order valence-corrected chi connectivity index (χ0v) is 21.8. The first kappa shape index (κ1) is 24.9. The van der Waals surface area contributed by atoms with Crippen LogP contribution in [-0.2, 0) is 17.6 Å². The second-order valence-corrected chi connectivity index (χ2v) is 10.1. The number of aromatic nitrogens is 2. The van der Waals surface area contributed by atoms with Crippen molar-refractivity contribution >= 4 is 39.3 Å².